The van der Waals surface area contributed by atoms with E-state index in [0.717, 1.165) is 16.1 Å². The van der Waals surface area contributed by atoms with E-state index in [0.29, 0.717) is 18.8 Å². The molecule has 21 heavy (non-hydrogen) atoms. The number of aromatic nitrogens is 2. The number of aliphatic hydroxyl groups is 1. The van der Waals surface area contributed by atoms with E-state index in [9.17, 15) is 5.11 Å². The van der Waals surface area contributed by atoms with Crippen molar-refractivity contribution in [2.24, 2.45) is 0 Å². The van der Waals surface area contributed by atoms with Gasteiger partial charge < -0.3 is 14.8 Å². The molecule has 0 aliphatic carbocycles. The SMILES string of the molecule is CC(O)(CNCc1cn[nH]c1-c1cccs1)c1ccco1. The number of aromatic amines is 1. The predicted octanol–water partition coefficient (Wildman–Crippen LogP) is 2.73. The maximum atomic E-state index is 10.4. The molecule has 3 heterocycles. The number of hydrogen-bond acceptors (Lipinski definition) is 5. The van der Waals surface area contributed by atoms with Crippen molar-refractivity contribution in [1.82, 2.24) is 15.5 Å². The summed E-state index contributed by atoms with van der Waals surface area (Å²) in [5.74, 6) is 0.556. The molecule has 3 aromatic heterocycles. The van der Waals surface area contributed by atoms with Gasteiger partial charge in [0.15, 0.2) is 0 Å². The molecule has 0 bridgehead atoms. The minimum Gasteiger partial charge on any atom is -0.466 e. The molecule has 0 fully saturated rings. The molecule has 110 valence electrons. The van der Waals surface area contributed by atoms with Gasteiger partial charge in [0.05, 0.1) is 23.0 Å². The highest BCUT2D eigenvalue weighted by molar-refractivity contribution is 7.13. The Morgan fingerprint density at radius 2 is 2.33 bits per heavy atom. The van der Waals surface area contributed by atoms with Crippen molar-refractivity contribution in [3.63, 3.8) is 0 Å². The fraction of sp³-hybridized carbons (Fsp3) is 0.267. The van der Waals surface area contributed by atoms with E-state index in [1.165, 1.54) is 0 Å². The monoisotopic (exact) mass is 303 g/mol. The fourth-order valence-corrected chi connectivity index (χ4v) is 2.95. The van der Waals surface area contributed by atoms with Crippen LogP contribution < -0.4 is 5.32 Å². The first-order chi connectivity index (χ1) is 10.2. The molecule has 1 atom stereocenters. The molecule has 0 aromatic carbocycles. The maximum Gasteiger partial charge on any atom is 0.136 e. The van der Waals surface area contributed by atoms with Crippen molar-refractivity contribution in [3.05, 3.63) is 53.4 Å². The van der Waals surface area contributed by atoms with Crippen LogP contribution in [0.4, 0.5) is 0 Å². The highest BCUT2D eigenvalue weighted by atomic mass is 32.1. The Morgan fingerprint density at radius 1 is 1.43 bits per heavy atom. The van der Waals surface area contributed by atoms with Gasteiger partial charge in [-0.3, -0.25) is 5.10 Å². The largest absolute Gasteiger partial charge is 0.466 e. The van der Waals surface area contributed by atoms with Crippen LogP contribution in [0.25, 0.3) is 10.6 Å². The first kappa shape index (κ1) is 14.1. The Kier molecular flexibility index (Phi) is 3.92. The van der Waals surface area contributed by atoms with Gasteiger partial charge in [-0.25, -0.2) is 0 Å². The maximum absolute atomic E-state index is 10.4. The highest BCUT2D eigenvalue weighted by Crippen LogP contribution is 2.26. The van der Waals surface area contributed by atoms with Gasteiger partial charge in [-0.1, -0.05) is 6.07 Å². The average molecular weight is 303 g/mol. The summed E-state index contributed by atoms with van der Waals surface area (Å²) in [6.45, 7) is 2.75. The van der Waals surface area contributed by atoms with Crippen molar-refractivity contribution in [1.29, 1.82) is 0 Å². The molecular formula is C15H17N3O2S. The topological polar surface area (TPSA) is 74.1 Å². The van der Waals surface area contributed by atoms with Crippen LogP contribution in [-0.2, 0) is 12.1 Å². The molecule has 0 radical (unpaired) electrons. The second-order valence-electron chi connectivity index (χ2n) is 5.10. The van der Waals surface area contributed by atoms with E-state index < -0.39 is 5.60 Å². The molecule has 0 saturated heterocycles. The number of rotatable bonds is 6. The Bertz CT molecular complexity index is 672. The van der Waals surface area contributed by atoms with Gasteiger partial charge in [0.2, 0.25) is 0 Å². The van der Waals surface area contributed by atoms with Crippen LogP contribution in [-0.4, -0.2) is 21.8 Å². The van der Waals surface area contributed by atoms with Gasteiger partial charge in [-0.05, 0) is 30.5 Å². The van der Waals surface area contributed by atoms with Crippen LogP contribution in [0.5, 0.6) is 0 Å². The van der Waals surface area contributed by atoms with Gasteiger partial charge in [0, 0.05) is 18.7 Å². The second kappa shape index (κ2) is 5.85. The third-order valence-corrected chi connectivity index (χ3v) is 4.21. The summed E-state index contributed by atoms with van der Waals surface area (Å²) in [6, 6.07) is 7.62. The Hall–Kier alpha value is -1.89. The summed E-state index contributed by atoms with van der Waals surface area (Å²) in [5.41, 5.74) is 1.07. The lowest BCUT2D eigenvalue weighted by Gasteiger charge is -2.21. The first-order valence-electron chi connectivity index (χ1n) is 6.70. The molecule has 3 aromatic rings. The third-order valence-electron chi connectivity index (χ3n) is 3.32. The van der Waals surface area contributed by atoms with E-state index in [1.54, 1.807) is 36.7 Å². The van der Waals surface area contributed by atoms with Gasteiger partial charge in [0.1, 0.15) is 11.4 Å². The van der Waals surface area contributed by atoms with Crippen molar-refractivity contribution in [2.75, 3.05) is 6.54 Å². The molecule has 0 aliphatic rings. The van der Waals surface area contributed by atoms with E-state index in [2.05, 4.69) is 21.6 Å². The molecule has 1 unspecified atom stereocenters. The predicted molar refractivity (Wildman–Crippen MR) is 81.9 cm³/mol. The molecule has 3 rings (SSSR count). The molecule has 6 heteroatoms. The normalized spacial score (nSPS) is 14.2. The van der Waals surface area contributed by atoms with E-state index in [-0.39, 0.29) is 0 Å². The number of hydrogen-bond donors (Lipinski definition) is 3. The Morgan fingerprint density at radius 3 is 3.05 bits per heavy atom. The number of nitrogens with one attached hydrogen (secondary N) is 2. The number of furan rings is 1. The number of nitrogens with zero attached hydrogens (tertiary/aromatic N) is 1. The minimum atomic E-state index is -1.03. The van der Waals surface area contributed by atoms with Crippen molar-refractivity contribution in [2.45, 2.75) is 19.1 Å². The van der Waals surface area contributed by atoms with Gasteiger partial charge in [0.25, 0.3) is 0 Å². The van der Waals surface area contributed by atoms with Crippen LogP contribution in [0, 0.1) is 0 Å². The molecular weight excluding hydrogens is 286 g/mol. The minimum absolute atomic E-state index is 0.398. The van der Waals surface area contributed by atoms with Crippen molar-refractivity contribution >= 4 is 11.3 Å². The summed E-state index contributed by atoms with van der Waals surface area (Å²) >= 11 is 1.67. The van der Waals surface area contributed by atoms with Crippen LogP contribution >= 0.6 is 11.3 Å². The van der Waals surface area contributed by atoms with Crippen LogP contribution in [0.1, 0.15) is 18.2 Å². The average Bonchev–Trinajstić information content (AvgIpc) is 3.20. The van der Waals surface area contributed by atoms with Gasteiger partial charge >= 0.3 is 0 Å². The lowest BCUT2D eigenvalue weighted by atomic mass is 10.0. The van der Waals surface area contributed by atoms with Gasteiger partial charge in [-0.15, -0.1) is 11.3 Å². The lowest BCUT2D eigenvalue weighted by molar-refractivity contribution is 0.0340. The highest BCUT2D eigenvalue weighted by Gasteiger charge is 2.25. The standard InChI is InChI=1S/C15H17N3O2S/c1-15(19,13-5-2-6-20-13)10-16-8-11-9-17-18-14(11)12-4-3-7-21-12/h2-7,9,16,19H,8,10H2,1H3,(H,17,18). The molecule has 0 saturated carbocycles. The Balaban J connectivity index is 1.63. The lowest BCUT2D eigenvalue weighted by Crippen LogP contribution is -2.34. The van der Waals surface area contributed by atoms with Crippen LogP contribution in [0.3, 0.4) is 0 Å². The van der Waals surface area contributed by atoms with Crippen molar-refractivity contribution in [3.8, 4) is 10.6 Å². The summed E-state index contributed by atoms with van der Waals surface area (Å²) < 4.78 is 5.26. The van der Waals surface area contributed by atoms with E-state index in [4.69, 9.17) is 4.42 Å². The fourth-order valence-electron chi connectivity index (χ4n) is 2.19. The van der Waals surface area contributed by atoms with E-state index in [1.807, 2.05) is 17.6 Å². The number of H-pyrrole nitrogens is 1. The van der Waals surface area contributed by atoms with Crippen LogP contribution in [0.2, 0.25) is 0 Å². The molecule has 3 N–H and O–H groups in total. The summed E-state index contributed by atoms with van der Waals surface area (Å²) in [6.07, 6.45) is 3.37. The zero-order valence-corrected chi connectivity index (χ0v) is 12.5. The summed E-state index contributed by atoms with van der Waals surface area (Å²) in [4.78, 5) is 1.15. The number of thiophene rings is 1. The Labute approximate surface area is 126 Å². The van der Waals surface area contributed by atoms with Crippen LogP contribution in [0.15, 0.2) is 46.5 Å². The van der Waals surface area contributed by atoms with Crippen molar-refractivity contribution < 1.29 is 9.52 Å². The zero-order valence-electron chi connectivity index (χ0n) is 11.7. The summed E-state index contributed by atoms with van der Waals surface area (Å²) in [7, 11) is 0. The molecule has 5 nitrogen and oxygen atoms in total. The summed E-state index contributed by atoms with van der Waals surface area (Å²) in [5, 5.41) is 22.8. The molecule has 0 spiro atoms. The molecule has 0 amide bonds. The second-order valence-corrected chi connectivity index (χ2v) is 6.05. The smallest absolute Gasteiger partial charge is 0.136 e. The first-order valence-corrected chi connectivity index (χ1v) is 7.58. The quantitative estimate of drug-likeness (QED) is 0.654. The van der Waals surface area contributed by atoms with E-state index >= 15 is 0 Å². The molecule has 0 aliphatic heterocycles. The zero-order chi connectivity index (χ0) is 14.7. The van der Waals surface area contributed by atoms with Gasteiger partial charge in [-0.2, -0.15) is 5.10 Å². The third kappa shape index (κ3) is 3.07.